The highest BCUT2D eigenvalue weighted by molar-refractivity contribution is 6.23. The van der Waals surface area contributed by atoms with Gasteiger partial charge in [0.2, 0.25) is 5.91 Å². The number of carbonyl (C=O) groups is 4. The van der Waals surface area contributed by atoms with Crippen LogP contribution in [0.25, 0.3) is 33.3 Å². The van der Waals surface area contributed by atoms with E-state index in [0.717, 1.165) is 56.3 Å². The first kappa shape index (κ1) is 54.3. The van der Waals surface area contributed by atoms with Crippen molar-refractivity contribution in [2.24, 2.45) is 0 Å². The molecule has 0 radical (unpaired) electrons. The van der Waals surface area contributed by atoms with Crippen molar-refractivity contribution in [1.82, 2.24) is 40.0 Å². The zero-order chi connectivity index (χ0) is 51.9. The average Bonchev–Trinajstić information content (AvgIpc) is 4.02. The van der Waals surface area contributed by atoms with E-state index in [1.165, 1.54) is 4.90 Å². The van der Waals surface area contributed by atoms with Crippen molar-refractivity contribution < 1.29 is 47.6 Å². The second-order valence-corrected chi connectivity index (χ2v) is 20.1. The van der Waals surface area contributed by atoms with Crippen LogP contribution in [0.2, 0.25) is 0 Å². The molecule has 5 aliphatic rings. The second kappa shape index (κ2) is 24.0. The van der Waals surface area contributed by atoms with E-state index in [4.69, 9.17) is 38.4 Å². The van der Waals surface area contributed by atoms with Crippen LogP contribution in [-0.4, -0.2) is 176 Å². The van der Waals surface area contributed by atoms with Crippen molar-refractivity contribution in [3.8, 4) is 0 Å². The number of morpholine rings is 1. The molecule has 392 valence electrons. The number of methoxy groups -OCH3 is 1. The minimum absolute atomic E-state index is 0.115. The summed E-state index contributed by atoms with van der Waals surface area (Å²) in [6.45, 7) is 24.2. The Hall–Kier alpha value is -5.50. The van der Waals surface area contributed by atoms with E-state index in [1.807, 2.05) is 32.0 Å². The third kappa shape index (κ3) is 12.5. The van der Waals surface area contributed by atoms with Crippen molar-refractivity contribution in [3.05, 3.63) is 69.1 Å². The van der Waals surface area contributed by atoms with Gasteiger partial charge in [-0.2, -0.15) is 0 Å². The third-order valence-corrected chi connectivity index (χ3v) is 14.1. The van der Waals surface area contributed by atoms with Crippen LogP contribution >= 0.6 is 0 Å². The summed E-state index contributed by atoms with van der Waals surface area (Å²) in [6, 6.07) is 6.08. The molecule has 8 bridgehead atoms. The lowest BCUT2D eigenvalue weighted by Gasteiger charge is -2.31. The van der Waals surface area contributed by atoms with Gasteiger partial charge in [0, 0.05) is 94.2 Å². The summed E-state index contributed by atoms with van der Waals surface area (Å²) in [6.07, 6.45) is 0.359. The van der Waals surface area contributed by atoms with Gasteiger partial charge >= 0.3 is 6.09 Å². The Morgan fingerprint density at radius 1 is 0.889 bits per heavy atom. The average molecular weight is 997 g/mol. The Labute approximate surface area is 423 Å². The van der Waals surface area contributed by atoms with Gasteiger partial charge in [0.25, 0.3) is 11.8 Å². The number of likely N-dealkylation sites (N-methyl/N-ethyl adjacent to an activating group) is 1. The number of aryl methyl sites for hydroxylation is 1. The van der Waals surface area contributed by atoms with Gasteiger partial charge in [-0.3, -0.25) is 24.2 Å². The van der Waals surface area contributed by atoms with Crippen molar-refractivity contribution >= 4 is 57.1 Å². The summed E-state index contributed by atoms with van der Waals surface area (Å²) < 4.78 is 33.8. The van der Waals surface area contributed by atoms with E-state index < -0.39 is 17.6 Å². The lowest BCUT2D eigenvalue weighted by Crippen LogP contribution is -2.47. The Balaban J connectivity index is 1.32. The summed E-state index contributed by atoms with van der Waals surface area (Å²) in [5.74, 6) is -1.42. The van der Waals surface area contributed by atoms with Crippen LogP contribution in [0.3, 0.4) is 0 Å². The Morgan fingerprint density at radius 2 is 1.56 bits per heavy atom. The molecular weight excluding hydrogens is 921 g/mol. The predicted molar refractivity (Wildman–Crippen MR) is 276 cm³/mol. The van der Waals surface area contributed by atoms with Crippen molar-refractivity contribution in [2.75, 3.05) is 106 Å². The van der Waals surface area contributed by atoms with Gasteiger partial charge in [-0.05, 0) is 102 Å². The number of rotatable bonds is 21. The lowest BCUT2D eigenvalue weighted by molar-refractivity contribution is -0.130. The highest BCUT2D eigenvalue weighted by Gasteiger charge is 2.41. The van der Waals surface area contributed by atoms with Gasteiger partial charge in [0.05, 0.1) is 98.4 Å². The van der Waals surface area contributed by atoms with Gasteiger partial charge in [-0.15, -0.1) is 0 Å². The summed E-state index contributed by atoms with van der Waals surface area (Å²) >= 11 is 0. The molecule has 2 aromatic rings. The maximum Gasteiger partial charge on any atom is 0.407 e. The first-order valence-corrected chi connectivity index (χ1v) is 25.5. The molecule has 0 aromatic carbocycles. The molecule has 7 rings (SSSR count). The van der Waals surface area contributed by atoms with E-state index in [0.29, 0.717) is 113 Å². The quantitative estimate of drug-likeness (QED) is 0.0833. The van der Waals surface area contributed by atoms with Crippen molar-refractivity contribution in [2.45, 2.75) is 105 Å². The first-order valence-electron chi connectivity index (χ1n) is 25.5. The lowest BCUT2D eigenvalue weighted by atomic mass is 9.84. The van der Waals surface area contributed by atoms with Crippen LogP contribution < -0.4 is 5.32 Å². The zero-order valence-electron chi connectivity index (χ0n) is 44.3. The number of amides is 4. The molecule has 1 saturated heterocycles. The monoisotopic (exact) mass is 997 g/mol. The predicted octanol–water partition coefficient (Wildman–Crippen LogP) is 7.28. The fraction of sp³-hybridized carbons (Fsp3) is 0.593. The molecular formula is C54H76N8O10. The number of allylic oxidation sites excluding steroid dienone is 3. The van der Waals surface area contributed by atoms with Gasteiger partial charge in [-0.25, -0.2) is 14.8 Å². The molecule has 4 amide bonds. The number of aromatic nitrogens is 4. The number of hydrogen-bond acceptors (Lipinski definition) is 13. The standard InChI is InChI=1S/C54H76N8O10/c1-12-37-32(2)39-31-44-46(36(6)71-28-27-70-26-25-69-24-23-67-11)34(4)41(57-44)29-40-33(3)38(13-14-45(63)60(10)16-15-55-53(66)72-54(7,8)9)49(58-40)48-50-47(35(5)42(59-50)30-43(37)56-39)51(64)62(52(48)65)18-17-61-19-21-68-22-20-61/h29-31,33,36,38,58-59H,12-28H2,1-11H3,(H,55,66)/t33-,36?,38-/m0/s1. The molecule has 1 unspecified atom stereocenters. The maximum absolute atomic E-state index is 15.3. The number of nitrogens with one attached hydrogen (secondary N) is 3. The molecule has 0 aliphatic carbocycles. The minimum atomic E-state index is -0.648. The summed E-state index contributed by atoms with van der Waals surface area (Å²) in [4.78, 5) is 79.3. The number of carbonyl (C=O) groups excluding carboxylic acids is 4. The molecule has 5 aliphatic heterocycles. The number of H-pyrrole nitrogens is 2. The summed E-state index contributed by atoms with van der Waals surface area (Å²) in [7, 11) is 3.35. The normalized spacial score (nSPS) is 18.2. The van der Waals surface area contributed by atoms with Gasteiger partial charge in [0.15, 0.2) is 0 Å². The fourth-order valence-electron chi connectivity index (χ4n) is 10.0. The van der Waals surface area contributed by atoms with Crippen molar-refractivity contribution in [3.63, 3.8) is 0 Å². The zero-order valence-corrected chi connectivity index (χ0v) is 44.3. The Morgan fingerprint density at radius 3 is 2.25 bits per heavy atom. The number of hydrogen-bond donors (Lipinski definition) is 3. The summed E-state index contributed by atoms with van der Waals surface area (Å²) in [5.41, 5.74) is 10.5. The molecule has 0 spiro atoms. The molecule has 18 heteroatoms. The molecule has 72 heavy (non-hydrogen) atoms. The number of fused-ring (bicyclic) bond motifs is 8. The molecule has 1 fully saturated rings. The SMILES string of the molecule is CCC1=C(C)c2cc3nc(cc4[nH]c(c5c6[nH]c(cc1n2)c(C)c6C(=O)N(CCN1CCOCC1)C5=O)[C@@H](CCC(=O)N(C)CCNC(=O)OC(C)(C)C)[C@@H]4C)C(C)=C3C(C)OCCOCCOCCOC. The minimum Gasteiger partial charge on any atom is -0.444 e. The van der Waals surface area contributed by atoms with Crippen LogP contribution in [0, 0.1) is 6.92 Å². The van der Waals surface area contributed by atoms with E-state index in [2.05, 4.69) is 47.9 Å². The van der Waals surface area contributed by atoms with Crippen LogP contribution in [-0.2, 0) is 33.2 Å². The van der Waals surface area contributed by atoms with Crippen LogP contribution in [0.1, 0.15) is 147 Å². The highest BCUT2D eigenvalue weighted by atomic mass is 16.6. The first-order chi connectivity index (χ1) is 34.4. The maximum atomic E-state index is 15.3. The van der Waals surface area contributed by atoms with E-state index in [-0.39, 0.29) is 55.8 Å². The number of alkyl carbamates (subject to hydrolysis) is 1. The molecule has 2 aromatic heterocycles. The number of nitrogens with zero attached hydrogens (tertiary/aromatic N) is 5. The van der Waals surface area contributed by atoms with Gasteiger partial charge < -0.3 is 48.6 Å². The van der Waals surface area contributed by atoms with Gasteiger partial charge in [0.1, 0.15) is 5.60 Å². The van der Waals surface area contributed by atoms with Crippen LogP contribution in [0.15, 0.2) is 18.2 Å². The highest BCUT2D eigenvalue weighted by Crippen LogP contribution is 2.45. The van der Waals surface area contributed by atoms with Crippen molar-refractivity contribution in [1.29, 1.82) is 0 Å². The third-order valence-electron chi connectivity index (χ3n) is 14.1. The molecule has 18 nitrogen and oxygen atoms in total. The van der Waals surface area contributed by atoms with Crippen LogP contribution in [0.4, 0.5) is 4.79 Å². The van der Waals surface area contributed by atoms with E-state index in [1.54, 1.807) is 39.8 Å². The molecule has 7 heterocycles. The number of aromatic amines is 2. The number of ether oxygens (including phenoxy) is 6. The molecule has 0 saturated carbocycles. The number of imide groups is 1. The largest absolute Gasteiger partial charge is 0.444 e. The second-order valence-electron chi connectivity index (χ2n) is 20.1. The Kier molecular flexibility index (Phi) is 18.1. The molecule has 3 N–H and O–H groups in total. The molecule has 3 atom stereocenters. The summed E-state index contributed by atoms with van der Waals surface area (Å²) in [5, 5.41) is 2.74. The fourth-order valence-corrected chi connectivity index (χ4v) is 10.0. The Bertz CT molecular complexity index is 2620. The van der Waals surface area contributed by atoms with E-state index >= 15 is 4.79 Å². The topological polar surface area (TPSA) is 203 Å². The smallest absolute Gasteiger partial charge is 0.407 e. The van der Waals surface area contributed by atoms with E-state index in [9.17, 15) is 14.4 Å². The van der Waals surface area contributed by atoms with Gasteiger partial charge in [-0.1, -0.05) is 13.8 Å². The van der Waals surface area contributed by atoms with Crippen LogP contribution in [0.5, 0.6) is 0 Å².